The van der Waals surface area contributed by atoms with Crippen molar-refractivity contribution in [3.05, 3.63) is 30.2 Å². The summed E-state index contributed by atoms with van der Waals surface area (Å²) in [6.07, 6.45) is 3.07. The zero-order chi connectivity index (χ0) is 13.1. The van der Waals surface area contributed by atoms with Crippen LogP contribution in [0.1, 0.15) is 25.4 Å². The van der Waals surface area contributed by atoms with Crippen LogP contribution in [-0.2, 0) is 23.1 Å². The van der Waals surface area contributed by atoms with E-state index in [9.17, 15) is 4.21 Å². The molecule has 1 atom stereocenters. The van der Waals surface area contributed by atoms with E-state index >= 15 is 0 Å². The molecule has 0 aliphatic heterocycles. The van der Waals surface area contributed by atoms with Crippen molar-refractivity contribution in [1.82, 2.24) is 14.8 Å². The molecule has 1 unspecified atom stereocenters. The van der Waals surface area contributed by atoms with Gasteiger partial charge in [0.05, 0.1) is 27.7 Å². The summed E-state index contributed by atoms with van der Waals surface area (Å²) in [5.41, 5.74) is 0. The van der Waals surface area contributed by atoms with Crippen molar-refractivity contribution < 1.29 is 8.63 Å². The molecule has 0 aliphatic carbocycles. The smallest absolute Gasteiger partial charge is 0.139 e. The first-order chi connectivity index (χ1) is 8.58. The molecule has 98 valence electrons. The second-order valence-corrected chi connectivity index (χ2v) is 6.00. The molecule has 0 amide bonds. The molecular weight excluding hydrogens is 250 g/mol. The zero-order valence-electron chi connectivity index (χ0n) is 10.8. The van der Waals surface area contributed by atoms with Crippen LogP contribution in [0.2, 0.25) is 0 Å². The van der Waals surface area contributed by atoms with Crippen LogP contribution in [0.25, 0.3) is 0 Å². The monoisotopic (exact) mass is 267 g/mol. The lowest BCUT2D eigenvalue weighted by Crippen LogP contribution is -2.12. The lowest BCUT2D eigenvalue weighted by molar-refractivity contribution is 0.471. The average Bonchev–Trinajstić information content (AvgIpc) is 2.88. The molecule has 2 aromatic heterocycles. The summed E-state index contributed by atoms with van der Waals surface area (Å²) >= 11 is 0. The SMILES string of the molecule is Cc1occc1S(=O)Cc1ncnn1CC(C)C. The molecule has 18 heavy (non-hydrogen) atoms. The van der Waals surface area contributed by atoms with Crippen LogP contribution < -0.4 is 0 Å². The standard InChI is InChI=1S/C12H17N3O2S/c1-9(2)6-15-12(13-8-14-15)7-18(16)11-4-5-17-10(11)3/h4-5,8-9H,6-7H2,1-3H3. The number of hydrogen-bond donors (Lipinski definition) is 0. The Hall–Kier alpha value is -1.43. The first kappa shape index (κ1) is 13.0. The van der Waals surface area contributed by atoms with E-state index in [4.69, 9.17) is 4.42 Å². The summed E-state index contributed by atoms with van der Waals surface area (Å²) in [7, 11) is -1.14. The Balaban J connectivity index is 2.13. The van der Waals surface area contributed by atoms with Gasteiger partial charge >= 0.3 is 0 Å². The number of furan rings is 1. The van der Waals surface area contributed by atoms with Crippen molar-refractivity contribution >= 4 is 10.8 Å². The van der Waals surface area contributed by atoms with E-state index in [1.165, 1.54) is 6.33 Å². The van der Waals surface area contributed by atoms with Gasteiger partial charge in [-0.15, -0.1) is 0 Å². The minimum absolute atomic E-state index is 0.368. The van der Waals surface area contributed by atoms with Gasteiger partial charge < -0.3 is 4.42 Å². The van der Waals surface area contributed by atoms with Crippen molar-refractivity contribution in [3.8, 4) is 0 Å². The largest absolute Gasteiger partial charge is 0.468 e. The van der Waals surface area contributed by atoms with Gasteiger partial charge in [0.2, 0.25) is 0 Å². The summed E-state index contributed by atoms with van der Waals surface area (Å²) in [5.74, 6) is 2.30. The Kier molecular flexibility index (Phi) is 3.96. The third kappa shape index (κ3) is 2.87. The topological polar surface area (TPSA) is 60.9 Å². The van der Waals surface area contributed by atoms with Crippen LogP contribution in [0.5, 0.6) is 0 Å². The average molecular weight is 267 g/mol. The van der Waals surface area contributed by atoms with E-state index in [1.54, 1.807) is 12.3 Å². The molecule has 5 nitrogen and oxygen atoms in total. The van der Waals surface area contributed by atoms with Crippen molar-refractivity contribution in [2.75, 3.05) is 0 Å². The maximum atomic E-state index is 12.2. The van der Waals surface area contributed by atoms with Crippen molar-refractivity contribution in [3.63, 3.8) is 0 Å². The van der Waals surface area contributed by atoms with Crippen molar-refractivity contribution in [2.24, 2.45) is 5.92 Å². The van der Waals surface area contributed by atoms with Crippen LogP contribution in [-0.4, -0.2) is 19.0 Å². The highest BCUT2D eigenvalue weighted by molar-refractivity contribution is 7.84. The molecule has 0 spiro atoms. The number of nitrogens with zero attached hydrogens (tertiary/aromatic N) is 3. The fourth-order valence-electron chi connectivity index (χ4n) is 1.70. The highest BCUT2D eigenvalue weighted by Gasteiger charge is 2.14. The molecule has 0 aromatic carbocycles. The van der Waals surface area contributed by atoms with E-state index < -0.39 is 10.8 Å². The van der Waals surface area contributed by atoms with Gasteiger partial charge in [-0.1, -0.05) is 13.8 Å². The highest BCUT2D eigenvalue weighted by Crippen LogP contribution is 2.16. The first-order valence-electron chi connectivity index (χ1n) is 5.87. The van der Waals surface area contributed by atoms with Gasteiger partial charge in [0.15, 0.2) is 0 Å². The van der Waals surface area contributed by atoms with E-state index in [0.29, 0.717) is 17.4 Å². The Morgan fingerprint density at radius 2 is 2.28 bits per heavy atom. The molecule has 2 heterocycles. The third-order valence-corrected chi connectivity index (χ3v) is 3.99. The van der Waals surface area contributed by atoms with Gasteiger partial charge in [-0.2, -0.15) is 5.10 Å². The predicted molar refractivity (Wildman–Crippen MR) is 68.4 cm³/mol. The minimum atomic E-state index is -1.14. The molecule has 0 bridgehead atoms. The van der Waals surface area contributed by atoms with Gasteiger partial charge in [0.25, 0.3) is 0 Å². The van der Waals surface area contributed by atoms with E-state index in [-0.39, 0.29) is 0 Å². The van der Waals surface area contributed by atoms with Gasteiger partial charge in [0, 0.05) is 6.54 Å². The molecule has 6 heteroatoms. The van der Waals surface area contributed by atoms with Gasteiger partial charge in [-0.25, -0.2) is 9.67 Å². The van der Waals surface area contributed by atoms with E-state index in [1.807, 2.05) is 11.6 Å². The predicted octanol–water partition coefficient (Wildman–Crippen LogP) is 2.14. The molecule has 0 aliphatic rings. The third-order valence-electron chi connectivity index (χ3n) is 2.55. The van der Waals surface area contributed by atoms with Gasteiger partial charge in [-0.3, -0.25) is 4.21 Å². The van der Waals surface area contributed by atoms with Crippen LogP contribution in [0, 0.1) is 12.8 Å². The minimum Gasteiger partial charge on any atom is -0.468 e. The highest BCUT2D eigenvalue weighted by atomic mass is 32.2. The zero-order valence-corrected chi connectivity index (χ0v) is 11.6. The summed E-state index contributed by atoms with van der Waals surface area (Å²) < 4.78 is 19.2. The van der Waals surface area contributed by atoms with Gasteiger partial charge in [-0.05, 0) is 18.9 Å². The van der Waals surface area contributed by atoms with E-state index in [0.717, 1.165) is 17.3 Å². The molecule has 0 radical (unpaired) electrons. The quantitative estimate of drug-likeness (QED) is 0.832. The molecule has 0 saturated carbocycles. The van der Waals surface area contributed by atoms with Crippen LogP contribution in [0.15, 0.2) is 28.0 Å². The van der Waals surface area contributed by atoms with Crippen molar-refractivity contribution in [1.29, 1.82) is 0 Å². The molecule has 2 rings (SSSR count). The Morgan fingerprint density at radius 3 is 2.89 bits per heavy atom. The van der Waals surface area contributed by atoms with E-state index in [2.05, 4.69) is 23.9 Å². The second kappa shape index (κ2) is 5.48. The van der Waals surface area contributed by atoms with Gasteiger partial charge in [0.1, 0.15) is 17.9 Å². The Labute approximate surface area is 109 Å². The Morgan fingerprint density at radius 1 is 1.50 bits per heavy atom. The molecule has 0 fully saturated rings. The lowest BCUT2D eigenvalue weighted by atomic mass is 10.2. The van der Waals surface area contributed by atoms with Crippen LogP contribution in [0.3, 0.4) is 0 Å². The number of aromatic nitrogens is 3. The fraction of sp³-hybridized carbons (Fsp3) is 0.500. The lowest BCUT2D eigenvalue weighted by Gasteiger charge is -2.08. The Bertz CT molecular complexity index is 545. The summed E-state index contributed by atoms with van der Waals surface area (Å²) in [5, 5.41) is 4.16. The summed E-state index contributed by atoms with van der Waals surface area (Å²) in [4.78, 5) is 4.91. The fourth-order valence-corrected chi connectivity index (χ4v) is 2.89. The molecule has 0 N–H and O–H groups in total. The molecule has 0 saturated heterocycles. The summed E-state index contributed by atoms with van der Waals surface area (Å²) in [6, 6.07) is 1.74. The van der Waals surface area contributed by atoms with Crippen molar-refractivity contribution in [2.45, 2.75) is 38.0 Å². The molecular formula is C12H17N3O2S. The first-order valence-corrected chi connectivity index (χ1v) is 7.19. The number of rotatable bonds is 5. The second-order valence-electron chi connectivity index (χ2n) is 4.58. The number of aryl methyl sites for hydroxylation is 1. The number of hydrogen-bond acceptors (Lipinski definition) is 4. The normalized spacial score (nSPS) is 13.1. The summed E-state index contributed by atoms with van der Waals surface area (Å²) in [6.45, 7) is 6.83. The van der Waals surface area contributed by atoms with Crippen LogP contribution >= 0.6 is 0 Å². The van der Waals surface area contributed by atoms with Crippen LogP contribution in [0.4, 0.5) is 0 Å². The molecule has 2 aromatic rings. The maximum absolute atomic E-state index is 12.2. The maximum Gasteiger partial charge on any atom is 0.139 e.